The molecular weight excluding hydrogens is 368 g/mol. The average Bonchev–Trinajstić information content (AvgIpc) is 3.15. The summed E-state index contributed by atoms with van der Waals surface area (Å²) in [5.41, 5.74) is 2.60. The SMILES string of the molecule is COCCN1CC(=O)N(Cc2cn3ccccc3n2)[C@H](Cc2ccccc2)C1=O. The second kappa shape index (κ2) is 8.45. The minimum Gasteiger partial charge on any atom is -0.383 e. The van der Waals surface area contributed by atoms with E-state index in [0.717, 1.165) is 16.9 Å². The quantitative estimate of drug-likeness (QED) is 0.615. The van der Waals surface area contributed by atoms with Gasteiger partial charge in [0.05, 0.1) is 25.4 Å². The maximum absolute atomic E-state index is 13.2. The fourth-order valence-electron chi connectivity index (χ4n) is 3.71. The van der Waals surface area contributed by atoms with E-state index < -0.39 is 6.04 Å². The van der Waals surface area contributed by atoms with Gasteiger partial charge in [0, 0.05) is 32.5 Å². The summed E-state index contributed by atoms with van der Waals surface area (Å²) >= 11 is 0. The summed E-state index contributed by atoms with van der Waals surface area (Å²) in [4.78, 5) is 34.1. The maximum Gasteiger partial charge on any atom is 0.246 e. The second-order valence-corrected chi connectivity index (χ2v) is 7.18. The summed E-state index contributed by atoms with van der Waals surface area (Å²) in [6, 6.07) is 15.0. The number of rotatable bonds is 7. The summed E-state index contributed by atoms with van der Waals surface area (Å²) in [5, 5.41) is 0. The molecule has 1 aliphatic rings. The molecule has 0 unspecified atom stereocenters. The number of aromatic nitrogens is 2. The van der Waals surface area contributed by atoms with Crippen LogP contribution in [0.4, 0.5) is 0 Å². The predicted octanol–water partition coefficient (Wildman–Crippen LogP) is 1.76. The number of pyridine rings is 1. The van der Waals surface area contributed by atoms with Gasteiger partial charge in [0.25, 0.3) is 0 Å². The van der Waals surface area contributed by atoms with Crippen LogP contribution in [-0.2, 0) is 27.3 Å². The minimum absolute atomic E-state index is 0.0470. The Bertz CT molecular complexity index is 968. The van der Waals surface area contributed by atoms with Crippen LogP contribution in [-0.4, -0.2) is 63.8 Å². The van der Waals surface area contributed by atoms with Crippen LogP contribution in [0.15, 0.2) is 60.9 Å². The molecule has 0 radical (unpaired) electrons. The van der Waals surface area contributed by atoms with E-state index in [0.29, 0.717) is 26.1 Å². The van der Waals surface area contributed by atoms with Gasteiger partial charge >= 0.3 is 0 Å². The Labute approximate surface area is 169 Å². The molecule has 4 rings (SSSR count). The highest BCUT2D eigenvalue weighted by molar-refractivity contribution is 5.95. The van der Waals surface area contributed by atoms with Gasteiger partial charge in [-0.2, -0.15) is 0 Å². The van der Waals surface area contributed by atoms with Gasteiger partial charge in [-0.25, -0.2) is 4.98 Å². The summed E-state index contributed by atoms with van der Waals surface area (Å²) < 4.78 is 7.03. The van der Waals surface area contributed by atoms with E-state index in [1.54, 1.807) is 16.9 Å². The Morgan fingerprint density at radius 2 is 1.90 bits per heavy atom. The number of fused-ring (bicyclic) bond motifs is 1. The van der Waals surface area contributed by atoms with E-state index >= 15 is 0 Å². The molecule has 2 amide bonds. The van der Waals surface area contributed by atoms with Crippen LogP contribution >= 0.6 is 0 Å². The van der Waals surface area contributed by atoms with E-state index in [9.17, 15) is 9.59 Å². The molecule has 0 spiro atoms. The first-order valence-corrected chi connectivity index (χ1v) is 9.69. The Kier molecular flexibility index (Phi) is 5.57. The van der Waals surface area contributed by atoms with E-state index in [4.69, 9.17) is 4.74 Å². The molecule has 150 valence electrons. The van der Waals surface area contributed by atoms with Crippen molar-refractivity contribution in [2.45, 2.75) is 19.0 Å². The molecule has 2 aromatic heterocycles. The van der Waals surface area contributed by atoms with Gasteiger partial charge in [0.2, 0.25) is 11.8 Å². The van der Waals surface area contributed by atoms with Crippen LogP contribution in [0.5, 0.6) is 0 Å². The van der Waals surface area contributed by atoms with Crippen molar-refractivity contribution in [3.05, 3.63) is 72.2 Å². The van der Waals surface area contributed by atoms with Crippen LogP contribution < -0.4 is 0 Å². The molecule has 29 heavy (non-hydrogen) atoms. The molecule has 1 aromatic carbocycles. The number of amides is 2. The largest absolute Gasteiger partial charge is 0.383 e. The topological polar surface area (TPSA) is 67.2 Å². The number of imidazole rings is 1. The van der Waals surface area contributed by atoms with Crippen molar-refractivity contribution in [2.24, 2.45) is 0 Å². The van der Waals surface area contributed by atoms with E-state index in [-0.39, 0.29) is 18.4 Å². The van der Waals surface area contributed by atoms with E-state index in [2.05, 4.69) is 4.98 Å². The molecule has 0 saturated carbocycles. The number of methoxy groups -OCH3 is 1. The third-order valence-electron chi connectivity index (χ3n) is 5.20. The highest BCUT2D eigenvalue weighted by Gasteiger charge is 2.39. The summed E-state index contributed by atoms with van der Waals surface area (Å²) in [7, 11) is 1.59. The standard InChI is InChI=1S/C22H24N4O3/c1-29-12-11-25-16-21(27)26(15-18-14-24-10-6-5-9-20(24)23-18)19(22(25)28)13-17-7-3-2-4-8-17/h2-10,14,19H,11-13,15-16H2,1H3/t19-/m1/s1. The first kappa shape index (κ1) is 19.1. The molecule has 0 aliphatic carbocycles. The minimum atomic E-state index is -0.555. The van der Waals surface area contributed by atoms with Gasteiger partial charge in [-0.05, 0) is 17.7 Å². The zero-order valence-corrected chi connectivity index (χ0v) is 16.4. The zero-order valence-electron chi connectivity index (χ0n) is 16.4. The van der Waals surface area contributed by atoms with Crippen molar-refractivity contribution < 1.29 is 14.3 Å². The Morgan fingerprint density at radius 1 is 1.10 bits per heavy atom. The zero-order chi connectivity index (χ0) is 20.2. The third kappa shape index (κ3) is 4.14. The molecule has 1 saturated heterocycles. The Balaban J connectivity index is 1.61. The number of nitrogens with zero attached hydrogens (tertiary/aromatic N) is 4. The molecule has 3 aromatic rings. The van der Waals surface area contributed by atoms with Crippen LogP contribution in [0.25, 0.3) is 5.65 Å². The number of carbonyl (C=O) groups excluding carboxylic acids is 2. The Hall–Kier alpha value is -3.19. The van der Waals surface area contributed by atoms with Gasteiger partial charge in [-0.15, -0.1) is 0 Å². The van der Waals surface area contributed by atoms with Crippen LogP contribution in [0.2, 0.25) is 0 Å². The first-order chi connectivity index (χ1) is 14.2. The number of hydrogen-bond donors (Lipinski definition) is 0. The molecule has 1 aliphatic heterocycles. The summed E-state index contributed by atoms with van der Waals surface area (Å²) in [6.45, 7) is 1.20. The van der Waals surface area contributed by atoms with Gasteiger partial charge in [0.15, 0.2) is 0 Å². The average molecular weight is 392 g/mol. The second-order valence-electron chi connectivity index (χ2n) is 7.18. The van der Waals surface area contributed by atoms with Crippen molar-refractivity contribution >= 4 is 17.5 Å². The van der Waals surface area contributed by atoms with Crippen molar-refractivity contribution in [2.75, 3.05) is 26.8 Å². The van der Waals surface area contributed by atoms with Crippen molar-refractivity contribution in [3.63, 3.8) is 0 Å². The van der Waals surface area contributed by atoms with Gasteiger partial charge in [-0.1, -0.05) is 36.4 Å². The molecular formula is C22H24N4O3. The molecule has 7 heteroatoms. The van der Waals surface area contributed by atoms with Crippen LogP contribution in [0.1, 0.15) is 11.3 Å². The number of piperazine rings is 1. The maximum atomic E-state index is 13.2. The first-order valence-electron chi connectivity index (χ1n) is 9.69. The fourth-order valence-corrected chi connectivity index (χ4v) is 3.71. The highest BCUT2D eigenvalue weighted by atomic mass is 16.5. The van der Waals surface area contributed by atoms with Crippen LogP contribution in [0, 0.1) is 0 Å². The molecule has 3 heterocycles. The smallest absolute Gasteiger partial charge is 0.246 e. The van der Waals surface area contributed by atoms with Crippen molar-refractivity contribution in [3.8, 4) is 0 Å². The van der Waals surface area contributed by atoms with Gasteiger partial charge in [-0.3, -0.25) is 9.59 Å². The number of benzene rings is 1. The monoisotopic (exact) mass is 392 g/mol. The lowest BCUT2D eigenvalue weighted by molar-refractivity contribution is -0.157. The number of ether oxygens (including phenoxy) is 1. The van der Waals surface area contributed by atoms with Gasteiger partial charge in [0.1, 0.15) is 11.7 Å². The number of hydrogen-bond acceptors (Lipinski definition) is 4. The lowest BCUT2D eigenvalue weighted by atomic mass is 10.0. The van der Waals surface area contributed by atoms with Gasteiger partial charge < -0.3 is 18.9 Å². The summed E-state index contributed by atoms with van der Waals surface area (Å²) in [5.74, 6) is -0.118. The molecule has 1 fully saturated rings. The molecule has 1 atom stereocenters. The third-order valence-corrected chi connectivity index (χ3v) is 5.20. The lowest BCUT2D eigenvalue weighted by Gasteiger charge is -2.40. The number of carbonyl (C=O) groups is 2. The Morgan fingerprint density at radius 3 is 2.66 bits per heavy atom. The van der Waals surface area contributed by atoms with E-state index in [1.165, 1.54) is 0 Å². The van der Waals surface area contributed by atoms with Crippen molar-refractivity contribution in [1.29, 1.82) is 0 Å². The molecule has 7 nitrogen and oxygen atoms in total. The molecule has 0 N–H and O–H groups in total. The fraction of sp³-hybridized carbons (Fsp3) is 0.318. The summed E-state index contributed by atoms with van der Waals surface area (Å²) in [6.07, 6.45) is 4.30. The normalized spacial score (nSPS) is 17.3. The lowest BCUT2D eigenvalue weighted by Crippen LogP contribution is -2.60. The highest BCUT2D eigenvalue weighted by Crippen LogP contribution is 2.20. The van der Waals surface area contributed by atoms with E-state index in [1.807, 2.05) is 65.3 Å². The van der Waals surface area contributed by atoms with Crippen LogP contribution in [0.3, 0.4) is 0 Å². The van der Waals surface area contributed by atoms with Crippen molar-refractivity contribution in [1.82, 2.24) is 19.2 Å². The predicted molar refractivity (Wildman–Crippen MR) is 108 cm³/mol. The molecule has 0 bridgehead atoms.